The summed E-state index contributed by atoms with van der Waals surface area (Å²) in [6.07, 6.45) is -12.8. The zero-order valence-corrected chi connectivity index (χ0v) is 19.3. The smallest absolute Gasteiger partial charge is 0.394 e. The molecule has 0 bridgehead atoms. The van der Waals surface area contributed by atoms with E-state index in [9.17, 15) is 46.1 Å². The maximum absolute atomic E-state index is 13.3. The van der Waals surface area contributed by atoms with Crippen molar-refractivity contribution in [1.29, 1.82) is 0 Å². The number of hydrogen-bond donors (Lipinski definition) is 3. The van der Waals surface area contributed by atoms with Gasteiger partial charge in [-0.05, 0) is 35.9 Å². The van der Waals surface area contributed by atoms with Gasteiger partial charge < -0.3 is 15.5 Å². The lowest BCUT2D eigenvalue weighted by Gasteiger charge is -2.21. The molecule has 0 saturated carbocycles. The number of nitrogens with one attached hydrogen (secondary N) is 1. The minimum atomic E-state index is -5.06. The van der Waals surface area contributed by atoms with Gasteiger partial charge in [0.15, 0.2) is 11.9 Å². The second kappa shape index (κ2) is 10.9. The molecule has 0 aliphatic rings. The van der Waals surface area contributed by atoms with Gasteiger partial charge in [-0.1, -0.05) is 29.8 Å². The first-order valence-corrected chi connectivity index (χ1v) is 10.8. The Labute approximate surface area is 209 Å². The largest absolute Gasteiger partial charge is 0.416 e. The number of rotatable bonds is 8. The summed E-state index contributed by atoms with van der Waals surface area (Å²) in [4.78, 5) is 25.4. The van der Waals surface area contributed by atoms with Crippen molar-refractivity contribution >= 4 is 17.5 Å². The maximum Gasteiger partial charge on any atom is 0.416 e. The Kier molecular flexibility index (Phi) is 8.35. The lowest BCUT2D eigenvalue weighted by Crippen LogP contribution is -2.39. The average molecular weight is 553 g/mol. The molecular formula is C22H19ClF6N4O4. The SMILES string of the molecule is O=C(Cn1nc(-c2ccc(Cl)cc2)n(CC(O)C(F)(F)F)c1=O)NC(CO)c1ccccc1C(F)(F)F. The van der Waals surface area contributed by atoms with Gasteiger partial charge in [0.2, 0.25) is 5.91 Å². The number of hydrogen-bond acceptors (Lipinski definition) is 5. The minimum absolute atomic E-state index is 0.141. The number of benzene rings is 2. The zero-order chi connectivity index (χ0) is 27.5. The molecule has 3 N–H and O–H groups in total. The summed E-state index contributed by atoms with van der Waals surface area (Å²) < 4.78 is 79.9. The standard InChI is InChI=1S/C22H19ClF6N4O4/c23-13-7-5-12(6-8-13)19-31-33(20(37)32(19)9-17(35)22(27,28)29)10-18(36)30-16(11-34)14-3-1-2-4-15(14)21(24,25)26/h1-8,16-17,34-35H,9-11H2,(H,30,36). The van der Waals surface area contributed by atoms with Crippen LogP contribution < -0.4 is 11.0 Å². The topological polar surface area (TPSA) is 109 Å². The number of aromatic nitrogens is 3. The van der Waals surface area contributed by atoms with Gasteiger partial charge in [-0.2, -0.15) is 26.3 Å². The Bertz CT molecular complexity index is 1300. The monoisotopic (exact) mass is 552 g/mol. The number of carbonyl (C=O) groups excluding carboxylic acids is 1. The van der Waals surface area contributed by atoms with E-state index >= 15 is 0 Å². The third kappa shape index (κ3) is 6.70. The van der Waals surface area contributed by atoms with E-state index in [-0.39, 0.29) is 16.4 Å². The lowest BCUT2D eigenvalue weighted by atomic mass is 10.0. The highest BCUT2D eigenvalue weighted by Crippen LogP contribution is 2.34. The van der Waals surface area contributed by atoms with E-state index in [2.05, 4.69) is 10.4 Å². The molecule has 0 aliphatic heterocycles. The van der Waals surface area contributed by atoms with E-state index in [0.717, 1.165) is 18.2 Å². The van der Waals surface area contributed by atoms with Gasteiger partial charge in [-0.15, -0.1) is 5.10 Å². The number of aliphatic hydroxyl groups is 2. The third-order valence-electron chi connectivity index (χ3n) is 5.21. The van der Waals surface area contributed by atoms with Gasteiger partial charge in [0, 0.05) is 10.6 Å². The van der Waals surface area contributed by atoms with Crippen molar-refractivity contribution < 1.29 is 41.4 Å². The van der Waals surface area contributed by atoms with Gasteiger partial charge >= 0.3 is 18.0 Å². The lowest BCUT2D eigenvalue weighted by molar-refractivity contribution is -0.207. The maximum atomic E-state index is 13.3. The molecule has 0 radical (unpaired) electrons. The van der Waals surface area contributed by atoms with Crippen LogP contribution in [0.2, 0.25) is 5.02 Å². The predicted molar refractivity (Wildman–Crippen MR) is 118 cm³/mol. The van der Waals surface area contributed by atoms with Crippen LogP contribution in [0.5, 0.6) is 0 Å². The molecule has 200 valence electrons. The first-order valence-electron chi connectivity index (χ1n) is 10.5. The van der Waals surface area contributed by atoms with Crippen LogP contribution in [0.3, 0.4) is 0 Å². The van der Waals surface area contributed by atoms with Crippen molar-refractivity contribution in [1.82, 2.24) is 19.7 Å². The van der Waals surface area contributed by atoms with Gasteiger partial charge in [0.1, 0.15) is 6.54 Å². The van der Waals surface area contributed by atoms with Crippen molar-refractivity contribution in [3.8, 4) is 11.4 Å². The molecule has 15 heteroatoms. The zero-order valence-electron chi connectivity index (χ0n) is 18.6. The van der Waals surface area contributed by atoms with E-state index < -0.39 is 66.9 Å². The molecule has 1 aromatic heterocycles. The molecule has 1 heterocycles. The number of halogens is 7. The first kappa shape index (κ1) is 28.2. The number of carbonyl (C=O) groups is 1. The van der Waals surface area contributed by atoms with Crippen LogP contribution >= 0.6 is 11.6 Å². The van der Waals surface area contributed by atoms with Crippen molar-refractivity contribution in [2.45, 2.75) is 37.6 Å². The Morgan fingerprint density at radius 1 is 1.05 bits per heavy atom. The molecule has 2 aromatic carbocycles. The summed E-state index contributed by atoms with van der Waals surface area (Å²) in [7, 11) is 0. The van der Waals surface area contributed by atoms with Crippen molar-refractivity contribution in [2.75, 3.05) is 6.61 Å². The predicted octanol–water partition coefficient (Wildman–Crippen LogP) is 3.16. The summed E-state index contributed by atoms with van der Waals surface area (Å²) in [5, 5.41) is 25.5. The van der Waals surface area contributed by atoms with Crippen LogP contribution in [-0.2, 0) is 24.1 Å². The summed E-state index contributed by atoms with van der Waals surface area (Å²) in [6, 6.07) is 8.16. The molecule has 0 spiro atoms. The number of amides is 1. The second-order valence-corrected chi connectivity index (χ2v) is 8.26. The van der Waals surface area contributed by atoms with Gasteiger partial charge in [0.25, 0.3) is 0 Å². The fourth-order valence-corrected chi connectivity index (χ4v) is 3.58. The van der Waals surface area contributed by atoms with Gasteiger partial charge in [-0.25, -0.2) is 9.48 Å². The van der Waals surface area contributed by atoms with Crippen molar-refractivity contribution in [2.24, 2.45) is 0 Å². The highest BCUT2D eigenvalue weighted by molar-refractivity contribution is 6.30. The summed E-state index contributed by atoms with van der Waals surface area (Å²) in [5.41, 5.74) is -2.58. The van der Waals surface area contributed by atoms with E-state index in [4.69, 9.17) is 11.6 Å². The molecule has 0 aliphatic carbocycles. The fourth-order valence-electron chi connectivity index (χ4n) is 3.45. The van der Waals surface area contributed by atoms with E-state index in [1.165, 1.54) is 30.3 Å². The molecule has 2 unspecified atom stereocenters. The van der Waals surface area contributed by atoms with Crippen LogP contribution in [0.4, 0.5) is 26.3 Å². The molecule has 2 atom stereocenters. The number of alkyl halides is 6. The third-order valence-corrected chi connectivity index (χ3v) is 5.46. The molecule has 0 saturated heterocycles. The molecule has 37 heavy (non-hydrogen) atoms. The Hall–Kier alpha value is -3.36. The molecule has 8 nitrogen and oxygen atoms in total. The normalized spacial score (nSPS) is 13.9. The second-order valence-electron chi connectivity index (χ2n) is 7.83. The quantitative estimate of drug-likeness (QED) is 0.372. The van der Waals surface area contributed by atoms with E-state index in [1.807, 2.05) is 0 Å². The first-order chi connectivity index (χ1) is 17.2. The Morgan fingerprint density at radius 2 is 1.68 bits per heavy atom. The molecular weight excluding hydrogens is 534 g/mol. The fraction of sp³-hybridized carbons (Fsp3) is 0.318. The summed E-state index contributed by atoms with van der Waals surface area (Å²) >= 11 is 5.81. The van der Waals surface area contributed by atoms with Crippen LogP contribution in [0, 0.1) is 0 Å². The van der Waals surface area contributed by atoms with Crippen LogP contribution in [0.25, 0.3) is 11.4 Å². The van der Waals surface area contributed by atoms with Gasteiger partial charge in [-0.3, -0.25) is 9.36 Å². The van der Waals surface area contributed by atoms with Crippen molar-refractivity contribution in [3.63, 3.8) is 0 Å². The summed E-state index contributed by atoms with van der Waals surface area (Å²) in [5.74, 6) is -1.37. The molecule has 3 rings (SSSR count). The highest BCUT2D eigenvalue weighted by Gasteiger charge is 2.39. The van der Waals surface area contributed by atoms with E-state index in [0.29, 0.717) is 9.25 Å². The van der Waals surface area contributed by atoms with Crippen molar-refractivity contribution in [3.05, 3.63) is 75.2 Å². The molecule has 3 aromatic rings. The molecule has 0 fully saturated rings. The van der Waals surface area contributed by atoms with Crippen LogP contribution in [-0.4, -0.2) is 49.4 Å². The van der Waals surface area contributed by atoms with Crippen LogP contribution in [0.1, 0.15) is 17.2 Å². The Morgan fingerprint density at radius 3 is 2.24 bits per heavy atom. The van der Waals surface area contributed by atoms with Gasteiger partial charge in [0.05, 0.1) is 24.8 Å². The summed E-state index contributed by atoms with van der Waals surface area (Å²) in [6.45, 7) is -3.06. The van der Waals surface area contributed by atoms with E-state index in [1.54, 1.807) is 0 Å². The molecule has 1 amide bonds. The highest BCUT2D eigenvalue weighted by atomic mass is 35.5. The Balaban J connectivity index is 1.93. The number of aliphatic hydroxyl groups excluding tert-OH is 2. The average Bonchev–Trinajstić information content (AvgIpc) is 3.11. The van der Waals surface area contributed by atoms with Crippen LogP contribution in [0.15, 0.2) is 53.3 Å². The number of nitrogens with zero attached hydrogens (tertiary/aromatic N) is 3. The minimum Gasteiger partial charge on any atom is -0.394 e.